The van der Waals surface area contributed by atoms with Crippen molar-refractivity contribution in [3.8, 4) is 11.4 Å². The maximum absolute atomic E-state index is 15.9. The van der Waals surface area contributed by atoms with E-state index in [1.807, 2.05) is 0 Å². The Morgan fingerprint density at radius 1 is 1.14 bits per heavy atom. The summed E-state index contributed by atoms with van der Waals surface area (Å²) in [5.41, 5.74) is -4.35. The first-order valence-corrected chi connectivity index (χ1v) is 13.3. The predicted molar refractivity (Wildman–Crippen MR) is 132 cm³/mol. The standard InChI is InChI=1S/C24H20BrF4N3O4S/c1-5-37(34,35)17-8-12-6-7-14(25)10-15(12)31-20(17)21-18(26)19-16(9-13(11-30-19)24(27,28)29)32(21)22(33)36-23(2,3)4/h6-11H,5H2,1-4H3. The average molecular weight is 602 g/mol. The lowest BCUT2D eigenvalue weighted by Crippen LogP contribution is -2.28. The number of nitrogens with zero attached hydrogens (tertiary/aromatic N) is 3. The molecule has 0 saturated heterocycles. The number of halogens is 5. The van der Waals surface area contributed by atoms with Gasteiger partial charge in [-0.3, -0.25) is 4.98 Å². The largest absolute Gasteiger partial charge is 0.443 e. The van der Waals surface area contributed by atoms with Gasteiger partial charge in [0.25, 0.3) is 0 Å². The zero-order chi connectivity index (χ0) is 27.5. The molecule has 0 aliphatic heterocycles. The number of pyridine rings is 2. The molecule has 0 unspecified atom stereocenters. The van der Waals surface area contributed by atoms with E-state index < -0.39 is 66.4 Å². The number of carbonyl (C=O) groups excluding carboxylic acids is 1. The normalized spacial score (nSPS) is 12.9. The maximum atomic E-state index is 15.9. The van der Waals surface area contributed by atoms with E-state index in [0.29, 0.717) is 26.7 Å². The number of sulfone groups is 1. The van der Waals surface area contributed by atoms with Gasteiger partial charge in [0.2, 0.25) is 0 Å². The highest BCUT2D eigenvalue weighted by Crippen LogP contribution is 2.39. The summed E-state index contributed by atoms with van der Waals surface area (Å²) in [6.07, 6.45) is -5.64. The second-order valence-electron chi connectivity index (χ2n) is 9.14. The molecule has 196 valence electrons. The Balaban J connectivity index is 2.19. The van der Waals surface area contributed by atoms with Crippen LogP contribution in [0.4, 0.5) is 22.4 Å². The lowest BCUT2D eigenvalue weighted by molar-refractivity contribution is -0.137. The van der Waals surface area contributed by atoms with E-state index in [9.17, 15) is 26.4 Å². The van der Waals surface area contributed by atoms with Crippen LogP contribution in [0.3, 0.4) is 0 Å². The van der Waals surface area contributed by atoms with Crippen molar-refractivity contribution in [1.29, 1.82) is 0 Å². The highest BCUT2D eigenvalue weighted by atomic mass is 79.9. The quantitative estimate of drug-likeness (QED) is 0.241. The molecule has 0 atom stereocenters. The number of hydrogen-bond donors (Lipinski definition) is 0. The van der Waals surface area contributed by atoms with E-state index in [0.717, 1.165) is 0 Å². The molecule has 0 spiro atoms. The lowest BCUT2D eigenvalue weighted by atomic mass is 10.1. The van der Waals surface area contributed by atoms with E-state index in [1.54, 1.807) is 18.2 Å². The molecule has 1 aromatic carbocycles. The van der Waals surface area contributed by atoms with Crippen LogP contribution in [-0.4, -0.2) is 40.4 Å². The van der Waals surface area contributed by atoms with Crippen LogP contribution in [0.2, 0.25) is 0 Å². The fourth-order valence-corrected chi connectivity index (χ4v) is 5.07. The van der Waals surface area contributed by atoms with Crippen LogP contribution in [0.1, 0.15) is 33.3 Å². The molecule has 37 heavy (non-hydrogen) atoms. The van der Waals surface area contributed by atoms with Gasteiger partial charge >= 0.3 is 12.3 Å². The second-order valence-corrected chi connectivity index (χ2v) is 12.3. The number of ether oxygens (including phenoxy) is 1. The summed E-state index contributed by atoms with van der Waals surface area (Å²) in [5, 5.41) is 0.414. The molecule has 0 saturated carbocycles. The van der Waals surface area contributed by atoms with Crippen molar-refractivity contribution in [3.05, 3.63) is 52.4 Å². The summed E-state index contributed by atoms with van der Waals surface area (Å²) in [6.45, 7) is 5.93. The minimum atomic E-state index is -4.84. The van der Waals surface area contributed by atoms with Crippen LogP contribution in [0.5, 0.6) is 0 Å². The van der Waals surface area contributed by atoms with Gasteiger partial charge in [0.05, 0.1) is 27.2 Å². The van der Waals surface area contributed by atoms with Crippen molar-refractivity contribution in [3.63, 3.8) is 0 Å². The van der Waals surface area contributed by atoms with Crippen LogP contribution >= 0.6 is 15.9 Å². The summed E-state index contributed by atoms with van der Waals surface area (Å²) >= 11 is 3.30. The van der Waals surface area contributed by atoms with Crippen molar-refractivity contribution in [2.75, 3.05) is 5.75 Å². The molecule has 4 rings (SSSR count). The molecule has 4 aromatic rings. The molecular weight excluding hydrogens is 582 g/mol. The van der Waals surface area contributed by atoms with Gasteiger partial charge < -0.3 is 4.74 Å². The summed E-state index contributed by atoms with van der Waals surface area (Å²) < 4.78 is 89.0. The minimum absolute atomic E-state index is 0.253. The third kappa shape index (κ3) is 5.06. The van der Waals surface area contributed by atoms with Gasteiger partial charge in [0, 0.05) is 16.1 Å². The first kappa shape index (κ1) is 27.0. The van der Waals surface area contributed by atoms with Gasteiger partial charge in [-0.05, 0) is 45.0 Å². The number of hydrogen-bond acceptors (Lipinski definition) is 6. The summed E-state index contributed by atoms with van der Waals surface area (Å²) in [5.74, 6) is -1.60. The zero-order valence-corrected chi connectivity index (χ0v) is 22.3. The average Bonchev–Trinajstić information content (AvgIpc) is 3.08. The number of benzene rings is 1. The third-order valence-electron chi connectivity index (χ3n) is 5.34. The van der Waals surface area contributed by atoms with Crippen molar-refractivity contribution in [1.82, 2.24) is 14.5 Å². The number of aromatic nitrogens is 3. The molecule has 0 aliphatic rings. The number of carbonyl (C=O) groups is 1. The predicted octanol–water partition coefficient (Wildman–Crippen LogP) is 6.75. The number of fused-ring (bicyclic) bond motifs is 2. The molecule has 3 aromatic heterocycles. The molecule has 0 bridgehead atoms. The van der Waals surface area contributed by atoms with Gasteiger partial charge in [0.1, 0.15) is 22.5 Å². The Morgan fingerprint density at radius 2 is 1.81 bits per heavy atom. The van der Waals surface area contributed by atoms with E-state index in [2.05, 4.69) is 25.9 Å². The first-order chi connectivity index (χ1) is 17.0. The second kappa shape index (κ2) is 9.05. The molecule has 7 nitrogen and oxygen atoms in total. The summed E-state index contributed by atoms with van der Waals surface area (Å²) in [7, 11) is -4.05. The Bertz CT molecular complexity index is 1680. The molecule has 13 heteroatoms. The van der Waals surface area contributed by atoms with Crippen LogP contribution in [-0.2, 0) is 20.8 Å². The monoisotopic (exact) mass is 601 g/mol. The Morgan fingerprint density at radius 3 is 2.41 bits per heavy atom. The van der Waals surface area contributed by atoms with Crippen LogP contribution in [0.25, 0.3) is 33.3 Å². The molecule has 3 heterocycles. The third-order valence-corrected chi connectivity index (χ3v) is 7.57. The molecule has 0 fully saturated rings. The summed E-state index contributed by atoms with van der Waals surface area (Å²) in [6, 6.07) is 6.66. The minimum Gasteiger partial charge on any atom is -0.443 e. The molecule has 0 aliphatic carbocycles. The lowest BCUT2D eigenvalue weighted by Gasteiger charge is -2.21. The van der Waals surface area contributed by atoms with Crippen molar-refractivity contribution < 1.29 is 35.5 Å². The fraction of sp³-hybridized carbons (Fsp3) is 0.292. The summed E-state index contributed by atoms with van der Waals surface area (Å²) in [4.78, 5) is 20.8. The Hall–Kier alpha value is -3.06. The SMILES string of the molecule is CCS(=O)(=O)c1cc2ccc(Br)cc2nc1-c1c(F)c2ncc(C(F)(F)F)cc2n1C(=O)OC(C)(C)C. The molecular formula is C24H20BrF4N3O4S. The topological polar surface area (TPSA) is 91.1 Å². The van der Waals surface area contributed by atoms with E-state index in [-0.39, 0.29) is 11.3 Å². The van der Waals surface area contributed by atoms with Crippen molar-refractivity contribution in [2.45, 2.75) is 44.4 Å². The highest BCUT2D eigenvalue weighted by Gasteiger charge is 2.36. The zero-order valence-electron chi connectivity index (χ0n) is 19.9. The fourth-order valence-electron chi connectivity index (χ4n) is 3.67. The number of rotatable bonds is 3. The van der Waals surface area contributed by atoms with E-state index >= 15 is 4.39 Å². The smallest absolute Gasteiger partial charge is 0.419 e. The van der Waals surface area contributed by atoms with Crippen molar-refractivity contribution >= 4 is 53.8 Å². The number of alkyl halides is 3. The van der Waals surface area contributed by atoms with Crippen LogP contribution in [0.15, 0.2) is 45.9 Å². The first-order valence-electron chi connectivity index (χ1n) is 10.9. The Kier molecular flexibility index (Phi) is 6.60. The molecule has 0 radical (unpaired) electrons. The van der Waals surface area contributed by atoms with Crippen LogP contribution in [0, 0.1) is 5.82 Å². The van der Waals surface area contributed by atoms with Gasteiger partial charge in [-0.15, -0.1) is 0 Å². The molecule has 0 amide bonds. The molecule has 0 N–H and O–H groups in total. The highest BCUT2D eigenvalue weighted by molar-refractivity contribution is 9.10. The van der Waals surface area contributed by atoms with Gasteiger partial charge in [-0.1, -0.05) is 28.9 Å². The van der Waals surface area contributed by atoms with Crippen LogP contribution < -0.4 is 0 Å². The maximum Gasteiger partial charge on any atom is 0.419 e. The van der Waals surface area contributed by atoms with E-state index in [4.69, 9.17) is 4.74 Å². The van der Waals surface area contributed by atoms with E-state index in [1.165, 1.54) is 33.8 Å². The Labute approximate surface area is 217 Å². The van der Waals surface area contributed by atoms with Gasteiger partial charge in [0.15, 0.2) is 15.7 Å². The van der Waals surface area contributed by atoms with Crippen molar-refractivity contribution in [2.24, 2.45) is 0 Å². The van der Waals surface area contributed by atoms with Gasteiger partial charge in [-0.2, -0.15) is 13.2 Å². The van der Waals surface area contributed by atoms with Gasteiger partial charge in [-0.25, -0.2) is 27.2 Å².